The van der Waals surface area contributed by atoms with Crippen LogP contribution in [0, 0.1) is 5.92 Å². The van der Waals surface area contributed by atoms with Gasteiger partial charge in [-0.25, -0.2) is 8.42 Å². The SMILES string of the molecule is CC(=O)N1c2ccc(S(=O)(=O)N3CCC(C(=O)N4CCN(c5cccc(C(F)(F)F)c5)CC4)CC3)cc2C[C@H]1C. The predicted molar refractivity (Wildman–Crippen MR) is 144 cm³/mol. The Balaban J connectivity index is 1.17. The van der Waals surface area contributed by atoms with E-state index >= 15 is 0 Å². The Hall–Kier alpha value is -3.12. The number of benzene rings is 2. The van der Waals surface area contributed by atoms with Crippen molar-refractivity contribution in [2.24, 2.45) is 5.92 Å². The Morgan fingerprint density at radius 1 is 0.925 bits per heavy atom. The highest BCUT2D eigenvalue weighted by Crippen LogP contribution is 2.36. The van der Waals surface area contributed by atoms with E-state index in [-0.39, 0.29) is 41.8 Å². The maximum absolute atomic E-state index is 13.4. The van der Waals surface area contributed by atoms with Crippen molar-refractivity contribution >= 4 is 33.2 Å². The molecule has 0 aliphatic carbocycles. The Morgan fingerprint density at radius 3 is 2.23 bits per heavy atom. The van der Waals surface area contributed by atoms with Gasteiger partial charge in [0.05, 0.1) is 10.5 Å². The van der Waals surface area contributed by atoms with Gasteiger partial charge in [-0.05, 0) is 68.1 Å². The summed E-state index contributed by atoms with van der Waals surface area (Å²) >= 11 is 0. The van der Waals surface area contributed by atoms with Gasteiger partial charge >= 0.3 is 6.18 Å². The predicted octanol–water partition coefficient (Wildman–Crippen LogP) is 3.75. The smallest absolute Gasteiger partial charge is 0.368 e. The number of piperazine rings is 1. The number of halogens is 3. The fourth-order valence-electron chi connectivity index (χ4n) is 6.06. The molecule has 2 aromatic carbocycles. The van der Waals surface area contributed by atoms with Crippen LogP contribution in [0.3, 0.4) is 0 Å². The average molecular weight is 579 g/mol. The maximum atomic E-state index is 13.4. The molecule has 3 heterocycles. The Kier molecular flexibility index (Phi) is 7.60. The van der Waals surface area contributed by atoms with E-state index in [4.69, 9.17) is 0 Å². The second-order valence-corrected chi connectivity index (χ2v) is 12.7. The number of carbonyl (C=O) groups excluding carboxylic acids is 2. The van der Waals surface area contributed by atoms with Gasteiger partial charge in [0.2, 0.25) is 21.8 Å². The number of amides is 2. The molecular formula is C28H33F3N4O4S. The molecule has 0 unspecified atom stereocenters. The molecule has 3 aliphatic rings. The van der Waals surface area contributed by atoms with Gasteiger partial charge in [-0.15, -0.1) is 0 Å². The Labute approximate surface area is 232 Å². The summed E-state index contributed by atoms with van der Waals surface area (Å²) in [4.78, 5) is 30.7. The molecule has 3 aliphatic heterocycles. The number of alkyl halides is 3. The molecule has 0 N–H and O–H groups in total. The number of sulfonamides is 1. The monoisotopic (exact) mass is 578 g/mol. The summed E-state index contributed by atoms with van der Waals surface area (Å²) in [5.74, 6) is -0.404. The molecular weight excluding hydrogens is 545 g/mol. The zero-order valence-corrected chi connectivity index (χ0v) is 23.3. The number of fused-ring (bicyclic) bond motifs is 1. The highest BCUT2D eigenvalue weighted by molar-refractivity contribution is 7.89. The van der Waals surface area contributed by atoms with Crippen molar-refractivity contribution in [1.29, 1.82) is 0 Å². The zero-order chi connectivity index (χ0) is 28.8. The third-order valence-corrected chi connectivity index (χ3v) is 10.1. The van der Waals surface area contributed by atoms with Crippen LogP contribution in [0.25, 0.3) is 0 Å². The lowest BCUT2D eigenvalue weighted by Gasteiger charge is -2.39. The van der Waals surface area contributed by atoms with Crippen molar-refractivity contribution in [2.75, 3.05) is 49.1 Å². The molecule has 0 bridgehead atoms. The molecule has 8 nitrogen and oxygen atoms in total. The summed E-state index contributed by atoms with van der Waals surface area (Å²) in [7, 11) is -3.75. The number of piperidine rings is 1. The van der Waals surface area contributed by atoms with E-state index in [1.807, 2.05) is 11.8 Å². The fourth-order valence-corrected chi connectivity index (χ4v) is 7.58. The molecule has 216 valence electrons. The van der Waals surface area contributed by atoms with E-state index in [9.17, 15) is 31.2 Å². The highest BCUT2D eigenvalue weighted by Gasteiger charge is 2.37. The number of carbonyl (C=O) groups is 2. The van der Waals surface area contributed by atoms with Crippen LogP contribution in [0.2, 0.25) is 0 Å². The van der Waals surface area contributed by atoms with E-state index in [0.29, 0.717) is 51.1 Å². The van der Waals surface area contributed by atoms with Crippen LogP contribution >= 0.6 is 0 Å². The van der Waals surface area contributed by atoms with Crippen molar-refractivity contribution in [3.8, 4) is 0 Å². The third kappa shape index (κ3) is 5.43. The molecule has 0 aromatic heterocycles. The Bertz CT molecular complexity index is 1400. The van der Waals surface area contributed by atoms with Gasteiger partial charge in [-0.1, -0.05) is 6.07 Å². The van der Waals surface area contributed by atoms with Gasteiger partial charge in [0.25, 0.3) is 0 Å². The topological polar surface area (TPSA) is 81.2 Å². The van der Waals surface area contributed by atoms with E-state index in [1.165, 1.54) is 17.3 Å². The van der Waals surface area contributed by atoms with Crippen LogP contribution in [0.15, 0.2) is 47.4 Å². The largest absolute Gasteiger partial charge is 0.416 e. The van der Waals surface area contributed by atoms with Gasteiger partial charge < -0.3 is 14.7 Å². The molecule has 2 aromatic rings. The van der Waals surface area contributed by atoms with Crippen LogP contribution in [0.4, 0.5) is 24.5 Å². The van der Waals surface area contributed by atoms with Crippen molar-refractivity contribution < 1.29 is 31.2 Å². The molecule has 0 saturated carbocycles. The minimum atomic E-state index is -4.41. The number of nitrogens with zero attached hydrogens (tertiary/aromatic N) is 4. The molecule has 0 radical (unpaired) electrons. The second kappa shape index (κ2) is 10.7. The lowest BCUT2D eigenvalue weighted by molar-refractivity contribution is -0.137. The quantitative estimate of drug-likeness (QED) is 0.552. The van der Waals surface area contributed by atoms with Crippen LogP contribution < -0.4 is 9.80 Å². The minimum Gasteiger partial charge on any atom is -0.368 e. The van der Waals surface area contributed by atoms with Crippen LogP contribution in [0.1, 0.15) is 37.8 Å². The molecule has 2 amide bonds. The molecule has 1 atom stereocenters. The minimum absolute atomic E-state index is 0.0286. The van der Waals surface area contributed by atoms with E-state index in [2.05, 4.69) is 0 Å². The van der Waals surface area contributed by atoms with Crippen LogP contribution in [-0.4, -0.2) is 74.7 Å². The van der Waals surface area contributed by atoms with Gasteiger partial charge in [0.15, 0.2) is 0 Å². The van der Waals surface area contributed by atoms with Gasteiger partial charge in [-0.3, -0.25) is 9.59 Å². The van der Waals surface area contributed by atoms with E-state index in [0.717, 1.165) is 23.4 Å². The Morgan fingerprint density at radius 2 is 1.60 bits per heavy atom. The summed E-state index contributed by atoms with van der Waals surface area (Å²) in [6.07, 6.45) is -3.00. The molecule has 2 fully saturated rings. The number of hydrogen-bond donors (Lipinski definition) is 0. The number of hydrogen-bond acceptors (Lipinski definition) is 5. The average Bonchev–Trinajstić information content (AvgIpc) is 3.27. The molecule has 5 rings (SSSR count). The summed E-state index contributed by atoms with van der Waals surface area (Å²) < 4.78 is 67.5. The summed E-state index contributed by atoms with van der Waals surface area (Å²) in [6.45, 7) is 5.56. The lowest BCUT2D eigenvalue weighted by atomic mass is 9.96. The molecule has 12 heteroatoms. The van der Waals surface area contributed by atoms with Crippen molar-refractivity contribution in [3.05, 3.63) is 53.6 Å². The molecule has 0 spiro atoms. The number of anilines is 2. The van der Waals surface area contributed by atoms with Crippen molar-refractivity contribution in [3.63, 3.8) is 0 Å². The normalized spacial score (nSPS) is 21.0. The van der Waals surface area contributed by atoms with E-state index in [1.54, 1.807) is 34.1 Å². The van der Waals surface area contributed by atoms with E-state index < -0.39 is 21.8 Å². The first-order chi connectivity index (χ1) is 18.9. The van der Waals surface area contributed by atoms with Gasteiger partial charge in [-0.2, -0.15) is 17.5 Å². The first-order valence-electron chi connectivity index (χ1n) is 13.5. The zero-order valence-electron chi connectivity index (χ0n) is 22.5. The second-order valence-electron chi connectivity index (χ2n) is 10.8. The van der Waals surface area contributed by atoms with Gasteiger partial charge in [0.1, 0.15) is 0 Å². The maximum Gasteiger partial charge on any atom is 0.416 e. The van der Waals surface area contributed by atoms with Gasteiger partial charge in [0, 0.05) is 69.5 Å². The highest BCUT2D eigenvalue weighted by atomic mass is 32.2. The summed E-state index contributed by atoms with van der Waals surface area (Å²) in [5.41, 5.74) is 1.36. The van der Waals surface area contributed by atoms with Crippen LogP contribution in [-0.2, 0) is 32.2 Å². The summed E-state index contributed by atoms with van der Waals surface area (Å²) in [5, 5.41) is 0. The molecule has 40 heavy (non-hydrogen) atoms. The first-order valence-corrected chi connectivity index (χ1v) is 14.9. The number of rotatable bonds is 4. The first kappa shape index (κ1) is 28.4. The fraction of sp³-hybridized carbons (Fsp3) is 0.500. The third-order valence-electron chi connectivity index (χ3n) is 8.18. The standard InChI is InChI=1S/C28H33F3N4O4S/c1-19-16-22-17-25(6-7-26(22)35(19)20(2)36)40(38,39)34-10-8-21(9-11-34)27(37)33-14-12-32(13-15-33)24-5-3-4-23(18-24)28(29,30)31/h3-7,17-19,21H,8-16H2,1-2H3/t19-/m1/s1. The van der Waals surface area contributed by atoms with Crippen LogP contribution in [0.5, 0.6) is 0 Å². The lowest BCUT2D eigenvalue weighted by Crippen LogP contribution is -2.52. The summed E-state index contributed by atoms with van der Waals surface area (Å²) in [6, 6.07) is 10.1. The molecule has 2 saturated heterocycles. The van der Waals surface area contributed by atoms with Crippen molar-refractivity contribution in [1.82, 2.24) is 9.21 Å². The van der Waals surface area contributed by atoms with Crippen molar-refractivity contribution in [2.45, 2.75) is 50.2 Å².